The molecule has 0 amide bonds. The average molecular weight is 254 g/mol. The van der Waals surface area contributed by atoms with E-state index in [1.54, 1.807) is 32.4 Å². The summed E-state index contributed by atoms with van der Waals surface area (Å²) in [4.78, 5) is 0. The van der Waals surface area contributed by atoms with Crippen LogP contribution in [-0.4, -0.2) is 45.3 Å². The van der Waals surface area contributed by atoms with E-state index in [2.05, 4.69) is 0 Å². The van der Waals surface area contributed by atoms with Crippen LogP contribution in [0.5, 0.6) is 11.5 Å². The van der Waals surface area contributed by atoms with Crippen LogP contribution in [0.3, 0.4) is 0 Å². The summed E-state index contributed by atoms with van der Waals surface area (Å²) in [5.74, 6) is 1.26. The van der Waals surface area contributed by atoms with Gasteiger partial charge in [-0.1, -0.05) is 0 Å². The van der Waals surface area contributed by atoms with Crippen molar-refractivity contribution in [1.82, 2.24) is 0 Å². The van der Waals surface area contributed by atoms with Crippen LogP contribution in [0.2, 0.25) is 0 Å². The van der Waals surface area contributed by atoms with E-state index in [-0.39, 0.29) is 6.10 Å². The van der Waals surface area contributed by atoms with E-state index < -0.39 is 6.10 Å². The molecule has 0 bridgehead atoms. The third-order valence-electron chi connectivity index (χ3n) is 2.95. The van der Waals surface area contributed by atoms with Crippen molar-refractivity contribution in [3.05, 3.63) is 23.8 Å². The maximum atomic E-state index is 10.3. The summed E-state index contributed by atoms with van der Waals surface area (Å²) in [5.41, 5.74) is 0.675. The lowest BCUT2D eigenvalue weighted by molar-refractivity contribution is -0.133. The Hall–Kier alpha value is -1.30. The fraction of sp³-hybridized carbons (Fsp3) is 0.538. The minimum atomic E-state index is -0.772. The van der Waals surface area contributed by atoms with Crippen molar-refractivity contribution in [2.45, 2.75) is 12.2 Å². The number of benzene rings is 1. The van der Waals surface area contributed by atoms with E-state index >= 15 is 0 Å². The molecule has 18 heavy (non-hydrogen) atoms. The summed E-state index contributed by atoms with van der Waals surface area (Å²) >= 11 is 0. The van der Waals surface area contributed by atoms with E-state index in [9.17, 15) is 5.11 Å². The van der Waals surface area contributed by atoms with Gasteiger partial charge in [-0.3, -0.25) is 0 Å². The summed E-state index contributed by atoms with van der Waals surface area (Å²) in [6.45, 7) is 1.46. The summed E-state index contributed by atoms with van der Waals surface area (Å²) < 4.78 is 21.2. The minimum absolute atomic E-state index is 0.360. The molecule has 1 fully saturated rings. The van der Waals surface area contributed by atoms with Gasteiger partial charge in [0.05, 0.1) is 34.0 Å². The Labute approximate surface area is 106 Å². The molecule has 0 saturated carbocycles. The lowest BCUT2D eigenvalue weighted by atomic mass is 10.0. The van der Waals surface area contributed by atoms with Crippen molar-refractivity contribution in [3.63, 3.8) is 0 Å². The molecule has 1 saturated heterocycles. The Balaban J connectivity index is 2.20. The first kappa shape index (κ1) is 13.1. The number of hydrogen-bond donors (Lipinski definition) is 1. The first-order chi connectivity index (χ1) is 8.76. The van der Waals surface area contributed by atoms with Gasteiger partial charge >= 0.3 is 0 Å². The van der Waals surface area contributed by atoms with Crippen molar-refractivity contribution in [3.8, 4) is 11.5 Å². The largest absolute Gasteiger partial charge is 0.497 e. The highest BCUT2D eigenvalue weighted by Gasteiger charge is 2.27. The quantitative estimate of drug-likeness (QED) is 0.873. The highest BCUT2D eigenvalue weighted by molar-refractivity contribution is 5.42. The number of methoxy groups -OCH3 is 2. The summed E-state index contributed by atoms with van der Waals surface area (Å²) in [6, 6.07) is 5.30. The van der Waals surface area contributed by atoms with E-state index in [4.69, 9.17) is 18.9 Å². The molecule has 2 atom stereocenters. The lowest BCUT2D eigenvalue weighted by Gasteiger charge is -2.28. The second kappa shape index (κ2) is 6.04. The summed E-state index contributed by atoms with van der Waals surface area (Å²) in [5, 5.41) is 10.3. The van der Waals surface area contributed by atoms with Crippen LogP contribution in [0.25, 0.3) is 0 Å². The molecular formula is C13H18O5. The highest BCUT2D eigenvalue weighted by Crippen LogP contribution is 2.32. The number of rotatable bonds is 4. The van der Waals surface area contributed by atoms with Crippen molar-refractivity contribution >= 4 is 0 Å². The van der Waals surface area contributed by atoms with Gasteiger partial charge in [0.25, 0.3) is 0 Å². The van der Waals surface area contributed by atoms with Gasteiger partial charge in [0.2, 0.25) is 0 Å². The second-order valence-corrected chi connectivity index (χ2v) is 4.04. The van der Waals surface area contributed by atoms with Gasteiger partial charge < -0.3 is 24.1 Å². The topological polar surface area (TPSA) is 57.2 Å². The molecular weight excluding hydrogens is 236 g/mol. The highest BCUT2D eigenvalue weighted by atomic mass is 16.6. The molecule has 1 N–H and O–H groups in total. The van der Waals surface area contributed by atoms with Gasteiger partial charge in [-0.05, 0) is 12.1 Å². The molecule has 5 nitrogen and oxygen atoms in total. The molecule has 2 unspecified atom stereocenters. The normalized spacial score (nSPS) is 21.4. The van der Waals surface area contributed by atoms with Gasteiger partial charge in [-0.25, -0.2) is 0 Å². The van der Waals surface area contributed by atoms with E-state index in [1.807, 2.05) is 0 Å². The molecule has 0 aromatic heterocycles. The maximum absolute atomic E-state index is 10.3. The fourth-order valence-electron chi connectivity index (χ4n) is 1.95. The predicted octanol–water partition coefficient (Wildman–Crippen LogP) is 1.15. The molecule has 2 rings (SSSR count). The summed E-state index contributed by atoms with van der Waals surface area (Å²) in [7, 11) is 3.15. The van der Waals surface area contributed by atoms with Crippen molar-refractivity contribution in [2.24, 2.45) is 0 Å². The van der Waals surface area contributed by atoms with Crippen molar-refractivity contribution < 1.29 is 24.1 Å². The Kier molecular flexibility index (Phi) is 4.41. The zero-order valence-electron chi connectivity index (χ0n) is 10.6. The van der Waals surface area contributed by atoms with Crippen LogP contribution in [-0.2, 0) is 9.47 Å². The maximum Gasteiger partial charge on any atom is 0.128 e. The Bertz CT molecular complexity index is 387. The Morgan fingerprint density at radius 1 is 1.28 bits per heavy atom. The monoisotopic (exact) mass is 254 g/mol. The van der Waals surface area contributed by atoms with Crippen LogP contribution in [0, 0.1) is 0 Å². The van der Waals surface area contributed by atoms with Crippen LogP contribution >= 0.6 is 0 Å². The number of hydrogen-bond acceptors (Lipinski definition) is 5. The van der Waals surface area contributed by atoms with E-state index in [0.717, 1.165) is 0 Å². The molecule has 1 aliphatic rings. The van der Waals surface area contributed by atoms with E-state index in [1.165, 1.54) is 0 Å². The molecule has 0 spiro atoms. The molecule has 0 aliphatic carbocycles. The van der Waals surface area contributed by atoms with Crippen molar-refractivity contribution in [1.29, 1.82) is 0 Å². The minimum Gasteiger partial charge on any atom is -0.497 e. The zero-order chi connectivity index (χ0) is 13.0. The lowest BCUT2D eigenvalue weighted by Crippen LogP contribution is -2.34. The van der Waals surface area contributed by atoms with Gasteiger partial charge in [0.15, 0.2) is 0 Å². The standard InChI is InChI=1S/C13H18O5/c1-15-9-3-4-10(11(7-9)16-2)13(14)12-8-17-5-6-18-12/h3-4,7,12-14H,5-6,8H2,1-2H3. The van der Waals surface area contributed by atoms with Gasteiger partial charge in [0.1, 0.15) is 23.7 Å². The fourth-order valence-corrected chi connectivity index (χ4v) is 1.95. The molecule has 100 valence electrons. The number of aliphatic hydroxyl groups excluding tert-OH is 1. The number of aliphatic hydroxyl groups is 1. The zero-order valence-corrected chi connectivity index (χ0v) is 10.6. The van der Waals surface area contributed by atoms with Crippen LogP contribution < -0.4 is 9.47 Å². The third kappa shape index (κ3) is 2.75. The SMILES string of the molecule is COc1ccc(C(O)C2COCCO2)c(OC)c1. The van der Waals surface area contributed by atoms with Gasteiger partial charge in [-0.2, -0.15) is 0 Å². The first-order valence-corrected chi connectivity index (χ1v) is 5.85. The Morgan fingerprint density at radius 3 is 2.72 bits per heavy atom. The van der Waals surface area contributed by atoms with Crippen LogP contribution in [0.15, 0.2) is 18.2 Å². The third-order valence-corrected chi connectivity index (χ3v) is 2.95. The Morgan fingerprint density at radius 2 is 2.11 bits per heavy atom. The van der Waals surface area contributed by atoms with Gasteiger partial charge in [-0.15, -0.1) is 0 Å². The first-order valence-electron chi connectivity index (χ1n) is 5.85. The molecule has 5 heteroatoms. The predicted molar refractivity (Wildman–Crippen MR) is 65.1 cm³/mol. The molecule has 0 radical (unpaired) electrons. The van der Waals surface area contributed by atoms with Crippen LogP contribution in [0.1, 0.15) is 11.7 Å². The molecule has 1 aromatic carbocycles. The average Bonchev–Trinajstić information content (AvgIpc) is 2.46. The summed E-state index contributed by atoms with van der Waals surface area (Å²) in [6.07, 6.45) is -1.13. The van der Waals surface area contributed by atoms with Crippen molar-refractivity contribution in [2.75, 3.05) is 34.0 Å². The second-order valence-electron chi connectivity index (χ2n) is 4.04. The van der Waals surface area contributed by atoms with Crippen LogP contribution in [0.4, 0.5) is 0 Å². The number of ether oxygens (including phenoxy) is 4. The van der Waals surface area contributed by atoms with Gasteiger partial charge in [0, 0.05) is 11.6 Å². The molecule has 1 aromatic rings. The molecule has 1 heterocycles. The molecule has 1 aliphatic heterocycles. The van der Waals surface area contributed by atoms with E-state index in [0.29, 0.717) is 36.9 Å². The smallest absolute Gasteiger partial charge is 0.128 e.